The lowest BCUT2D eigenvalue weighted by Crippen LogP contribution is -2.22. The highest BCUT2D eigenvalue weighted by atomic mass is 15.1. The monoisotopic (exact) mass is 163 g/mol. The van der Waals surface area contributed by atoms with Crippen LogP contribution in [0.25, 0.3) is 0 Å². The average molecular weight is 163 g/mol. The van der Waals surface area contributed by atoms with E-state index in [4.69, 9.17) is 0 Å². The zero-order chi connectivity index (χ0) is 8.23. The van der Waals surface area contributed by atoms with Crippen LogP contribution in [-0.4, -0.2) is 24.1 Å². The van der Waals surface area contributed by atoms with Gasteiger partial charge >= 0.3 is 0 Å². The molecular formula is C9H13N3. The highest BCUT2D eigenvalue weighted by Crippen LogP contribution is 2.06. The molecule has 0 amide bonds. The van der Waals surface area contributed by atoms with Crippen LogP contribution in [0.3, 0.4) is 0 Å². The molecule has 2 N–H and O–H groups in total. The molecule has 1 aliphatic heterocycles. The van der Waals surface area contributed by atoms with E-state index in [-0.39, 0.29) is 0 Å². The Bertz CT molecular complexity index is 229. The third kappa shape index (κ3) is 1.74. The number of nitrogens with one attached hydrogen (secondary N) is 2. The molecule has 3 nitrogen and oxygen atoms in total. The molecule has 1 aromatic heterocycles. The predicted octanol–water partition coefficient (Wildman–Crippen LogP) is 0.855. The van der Waals surface area contributed by atoms with Gasteiger partial charge in [0.15, 0.2) is 0 Å². The van der Waals surface area contributed by atoms with E-state index in [1.807, 2.05) is 24.4 Å². The van der Waals surface area contributed by atoms with Crippen LogP contribution in [0.1, 0.15) is 6.42 Å². The molecule has 0 aromatic carbocycles. The summed E-state index contributed by atoms with van der Waals surface area (Å²) in [7, 11) is 0. The molecule has 1 aliphatic rings. The van der Waals surface area contributed by atoms with Gasteiger partial charge in [0.05, 0.1) is 0 Å². The summed E-state index contributed by atoms with van der Waals surface area (Å²) in [5.41, 5.74) is 0. The molecule has 2 heterocycles. The van der Waals surface area contributed by atoms with E-state index < -0.39 is 0 Å². The van der Waals surface area contributed by atoms with Crippen molar-refractivity contribution in [3.05, 3.63) is 24.4 Å². The number of pyridine rings is 1. The molecule has 1 aromatic rings. The quantitative estimate of drug-likeness (QED) is 0.679. The largest absolute Gasteiger partial charge is 0.366 e. The topological polar surface area (TPSA) is 37.0 Å². The molecule has 2 rings (SSSR count). The van der Waals surface area contributed by atoms with Crippen LogP contribution in [0.5, 0.6) is 0 Å². The minimum Gasteiger partial charge on any atom is -0.366 e. The summed E-state index contributed by atoms with van der Waals surface area (Å²) in [5, 5.41) is 6.67. The molecule has 0 unspecified atom stereocenters. The number of rotatable bonds is 2. The number of hydrogen-bond donors (Lipinski definition) is 2. The summed E-state index contributed by atoms with van der Waals surface area (Å²) in [4.78, 5) is 4.20. The molecule has 3 heteroatoms. The van der Waals surface area contributed by atoms with Crippen molar-refractivity contribution in [2.75, 3.05) is 18.4 Å². The number of hydrogen-bond acceptors (Lipinski definition) is 3. The highest BCUT2D eigenvalue weighted by Gasteiger charge is 2.13. The van der Waals surface area contributed by atoms with E-state index in [2.05, 4.69) is 15.6 Å². The van der Waals surface area contributed by atoms with Gasteiger partial charge in [-0.1, -0.05) is 6.07 Å². The Balaban J connectivity index is 1.94. The second kappa shape index (κ2) is 3.54. The highest BCUT2D eigenvalue weighted by molar-refractivity contribution is 5.34. The Hall–Kier alpha value is -1.09. The maximum absolute atomic E-state index is 4.20. The number of anilines is 1. The van der Waals surface area contributed by atoms with E-state index in [1.54, 1.807) is 0 Å². The molecule has 0 bridgehead atoms. The second-order valence-corrected chi connectivity index (χ2v) is 3.05. The van der Waals surface area contributed by atoms with Gasteiger partial charge < -0.3 is 10.6 Å². The zero-order valence-electron chi connectivity index (χ0n) is 6.96. The van der Waals surface area contributed by atoms with Gasteiger partial charge in [0.1, 0.15) is 5.82 Å². The summed E-state index contributed by atoms with van der Waals surface area (Å²) in [6, 6.07) is 6.48. The number of nitrogens with zero attached hydrogens (tertiary/aromatic N) is 1. The molecule has 0 saturated carbocycles. The molecule has 1 fully saturated rings. The molecule has 64 valence electrons. The lowest BCUT2D eigenvalue weighted by atomic mass is 10.2. The lowest BCUT2D eigenvalue weighted by molar-refractivity contribution is 0.788. The van der Waals surface area contributed by atoms with Gasteiger partial charge in [-0.2, -0.15) is 0 Å². The number of aromatic nitrogens is 1. The molecule has 0 aliphatic carbocycles. The van der Waals surface area contributed by atoms with Gasteiger partial charge in [-0.15, -0.1) is 0 Å². The fourth-order valence-electron chi connectivity index (χ4n) is 1.44. The van der Waals surface area contributed by atoms with Gasteiger partial charge in [-0.05, 0) is 25.1 Å². The van der Waals surface area contributed by atoms with Crippen molar-refractivity contribution in [3.63, 3.8) is 0 Å². The lowest BCUT2D eigenvalue weighted by Gasteiger charge is -2.10. The molecule has 0 radical (unpaired) electrons. The Morgan fingerprint density at radius 1 is 1.50 bits per heavy atom. The molecular weight excluding hydrogens is 150 g/mol. The van der Waals surface area contributed by atoms with Gasteiger partial charge in [0, 0.05) is 18.8 Å². The Morgan fingerprint density at radius 2 is 2.50 bits per heavy atom. The van der Waals surface area contributed by atoms with Crippen molar-refractivity contribution in [3.8, 4) is 0 Å². The Labute approximate surface area is 72.2 Å². The van der Waals surface area contributed by atoms with Crippen LogP contribution in [0.15, 0.2) is 24.4 Å². The van der Waals surface area contributed by atoms with Crippen LogP contribution in [0.2, 0.25) is 0 Å². The van der Waals surface area contributed by atoms with E-state index in [0.717, 1.165) is 18.9 Å². The molecule has 1 atom stereocenters. The predicted molar refractivity (Wildman–Crippen MR) is 49.1 cm³/mol. The standard InChI is InChI=1S/C9H13N3/c1-2-5-11-9(3-1)12-8-4-6-10-7-8/h1-3,5,8,10H,4,6-7H2,(H,11,12)/t8-/m1/s1. The van der Waals surface area contributed by atoms with Gasteiger partial charge in [-0.25, -0.2) is 4.98 Å². The Morgan fingerprint density at radius 3 is 3.17 bits per heavy atom. The normalized spacial score (nSPS) is 22.5. The van der Waals surface area contributed by atoms with Crippen LogP contribution in [-0.2, 0) is 0 Å². The fourth-order valence-corrected chi connectivity index (χ4v) is 1.44. The summed E-state index contributed by atoms with van der Waals surface area (Å²) < 4.78 is 0. The van der Waals surface area contributed by atoms with Crippen molar-refractivity contribution >= 4 is 5.82 Å². The fraction of sp³-hybridized carbons (Fsp3) is 0.444. The van der Waals surface area contributed by atoms with Crippen molar-refractivity contribution in [2.24, 2.45) is 0 Å². The first-order valence-electron chi connectivity index (χ1n) is 4.33. The average Bonchev–Trinajstić information content (AvgIpc) is 2.59. The van der Waals surface area contributed by atoms with Crippen molar-refractivity contribution in [2.45, 2.75) is 12.5 Å². The minimum absolute atomic E-state index is 0.555. The summed E-state index contributed by atoms with van der Waals surface area (Å²) in [5.74, 6) is 0.978. The molecule has 12 heavy (non-hydrogen) atoms. The minimum atomic E-state index is 0.555. The van der Waals surface area contributed by atoms with Gasteiger partial charge in [0.25, 0.3) is 0 Å². The van der Waals surface area contributed by atoms with Crippen molar-refractivity contribution in [1.82, 2.24) is 10.3 Å². The van der Waals surface area contributed by atoms with E-state index >= 15 is 0 Å². The second-order valence-electron chi connectivity index (χ2n) is 3.05. The smallest absolute Gasteiger partial charge is 0.126 e. The van der Waals surface area contributed by atoms with Gasteiger partial charge in [-0.3, -0.25) is 0 Å². The summed E-state index contributed by atoms with van der Waals surface area (Å²) in [6.07, 6.45) is 3.00. The first kappa shape index (κ1) is 7.55. The van der Waals surface area contributed by atoms with Crippen molar-refractivity contribution < 1.29 is 0 Å². The first-order valence-corrected chi connectivity index (χ1v) is 4.33. The van der Waals surface area contributed by atoms with Crippen LogP contribution >= 0.6 is 0 Å². The third-order valence-corrected chi connectivity index (χ3v) is 2.08. The van der Waals surface area contributed by atoms with Crippen molar-refractivity contribution in [1.29, 1.82) is 0 Å². The van der Waals surface area contributed by atoms with Gasteiger partial charge in [0.2, 0.25) is 0 Å². The SMILES string of the molecule is c1ccc(N[C@@H]2CCNC2)nc1. The Kier molecular flexibility index (Phi) is 2.23. The van der Waals surface area contributed by atoms with Crippen LogP contribution in [0.4, 0.5) is 5.82 Å². The summed E-state index contributed by atoms with van der Waals surface area (Å²) in [6.45, 7) is 2.17. The van der Waals surface area contributed by atoms with E-state index in [9.17, 15) is 0 Å². The zero-order valence-corrected chi connectivity index (χ0v) is 6.96. The maximum atomic E-state index is 4.20. The van der Waals surface area contributed by atoms with Crippen LogP contribution < -0.4 is 10.6 Å². The maximum Gasteiger partial charge on any atom is 0.126 e. The van der Waals surface area contributed by atoms with E-state index in [1.165, 1.54) is 6.42 Å². The van der Waals surface area contributed by atoms with E-state index in [0.29, 0.717) is 6.04 Å². The third-order valence-electron chi connectivity index (χ3n) is 2.08. The first-order chi connectivity index (χ1) is 5.95. The molecule has 0 spiro atoms. The van der Waals surface area contributed by atoms with Crippen LogP contribution in [0, 0.1) is 0 Å². The summed E-state index contributed by atoms with van der Waals surface area (Å²) >= 11 is 0. The molecule has 1 saturated heterocycles.